The quantitative estimate of drug-likeness (QED) is 0.672. The molecule has 0 saturated heterocycles. The lowest BCUT2D eigenvalue weighted by molar-refractivity contribution is -0.385. The Balaban J connectivity index is 2.23. The van der Waals surface area contributed by atoms with Crippen molar-refractivity contribution in [2.45, 2.75) is 27.3 Å². The molecular weight excluding hydrogens is 260 g/mol. The van der Waals surface area contributed by atoms with Gasteiger partial charge in [0.2, 0.25) is 0 Å². The Morgan fingerprint density at radius 1 is 1.21 bits per heavy atom. The van der Waals surface area contributed by atoms with Crippen LogP contribution in [-0.2, 0) is 6.54 Å². The standard InChI is InChI=1S/C14H16N2O2S/c1-9-4-5-19-14(9)8-15-12-7-13(16(17)18)11(3)6-10(12)2/h4-7,15H,8H2,1-3H3. The molecule has 100 valence electrons. The molecule has 0 aliphatic carbocycles. The third kappa shape index (κ3) is 2.93. The predicted molar refractivity (Wildman–Crippen MR) is 79.0 cm³/mol. The molecule has 1 aromatic heterocycles. The maximum atomic E-state index is 11.0. The average Bonchev–Trinajstić information content (AvgIpc) is 2.73. The molecule has 5 heteroatoms. The molecule has 0 spiro atoms. The molecule has 1 aromatic carbocycles. The third-order valence-corrected chi connectivity index (χ3v) is 4.17. The molecule has 4 nitrogen and oxygen atoms in total. The average molecular weight is 276 g/mol. The van der Waals surface area contributed by atoms with Crippen LogP contribution in [-0.4, -0.2) is 4.92 Å². The molecule has 0 radical (unpaired) electrons. The molecule has 0 atom stereocenters. The van der Waals surface area contributed by atoms with Crippen LogP contribution < -0.4 is 5.32 Å². The summed E-state index contributed by atoms with van der Waals surface area (Å²) in [6.45, 7) is 6.49. The molecule has 2 aromatic rings. The van der Waals surface area contributed by atoms with Gasteiger partial charge in [0.25, 0.3) is 5.69 Å². The van der Waals surface area contributed by atoms with Gasteiger partial charge in [-0.25, -0.2) is 0 Å². The second-order valence-electron chi connectivity index (χ2n) is 4.59. The number of rotatable bonds is 4. The van der Waals surface area contributed by atoms with Crippen molar-refractivity contribution in [1.82, 2.24) is 0 Å². The van der Waals surface area contributed by atoms with Crippen LogP contribution in [0.5, 0.6) is 0 Å². The van der Waals surface area contributed by atoms with Gasteiger partial charge in [0, 0.05) is 28.7 Å². The van der Waals surface area contributed by atoms with E-state index >= 15 is 0 Å². The fourth-order valence-corrected chi connectivity index (χ4v) is 2.83. The largest absolute Gasteiger partial charge is 0.380 e. The summed E-state index contributed by atoms with van der Waals surface area (Å²) >= 11 is 1.69. The first kappa shape index (κ1) is 13.5. The number of thiophene rings is 1. The van der Waals surface area contributed by atoms with Crippen LogP contribution >= 0.6 is 11.3 Å². The van der Waals surface area contributed by atoms with E-state index < -0.39 is 0 Å². The van der Waals surface area contributed by atoms with E-state index in [4.69, 9.17) is 0 Å². The monoisotopic (exact) mass is 276 g/mol. The highest BCUT2D eigenvalue weighted by Crippen LogP contribution is 2.27. The van der Waals surface area contributed by atoms with Crippen LogP contribution in [0.15, 0.2) is 23.6 Å². The molecule has 0 bridgehead atoms. The van der Waals surface area contributed by atoms with E-state index in [9.17, 15) is 10.1 Å². The van der Waals surface area contributed by atoms with E-state index in [1.807, 2.05) is 13.0 Å². The molecular formula is C14H16N2O2S. The molecule has 2 rings (SSSR count). The number of aryl methyl sites for hydroxylation is 3. The first-order valence-corrected chi connectivity index (χ1v) is 6.89. The van der Waals surface area contributed by atoms with Gasteiger partial charge in [-0.1, -0.05) is 0 Å². The van der Waals surface area contributed by atoms with Gasteiger partial charge < -0.3 is 5.32 Å². The smallest absolute Gasteiger partial charge is 0.274 e. The van der Waals surface area contributed by atoms with Crippen molar-refractivity contribution in [2.24, 2.45) is 0 Å². The van der Waals surface area contributed by atoms with Gasteiger partial charge >= 0.3 is 0 Å². The Morgan fingerprint density at radius 3 is 2.53 bits per heavy atom. The zero-order valence-electron chi connectivity index (χ0n) is 11.2. The molecule has 19 heavy (non-hydrogen) atoms. The summed E-state index contributed by atoms with van der Waals surface area (Å²) in [5.74, 6) is 0. The molecule has 0 saturated carbocycles. The fourth-order valence-electron chi connectivity index (χ4n) is 1.99. The van der Waals surface area contributed by atoms with Gasteiger partial charge in [0.1, 0.15) is 0 Å². The highest BCUT2D eigenvalue weighted by molar-refractivity contribution is 7.10. The molecule has 0 unspecified atom stereocenters. The number of nitro groups is 1. The first-order valence-electron chi connectivity index (χ1n) is 6.01. The summed E-state index contributed by atoms with van der Waals surface area (Å²) in [5, 5.41) is 16.3. The van der Waals surface area contributed by atoms with Crippen molar-refractivity contribution in [1.29, 1.82) is 0 Å². The van der Waals surface area contributed by atoms with Crippen LogP contribution in [0.4, 0.5) is 11.4 Å². The zero-order valence-corrected chi connectivity index (χ0v) is 12.0. The number of nitro benzene ring substituents is 1. The Labute approximate surface area is 116 Å². The first-order chi connectivity index (χ1) is 8.99. The third-order valence-electron chi connectivity index (χ3n) is 3.15. The summed E-state index contributed by atoms with van der Waals surface area (Å²) in [7, 11) is 0. The number of hydrogen-bond acceptors (Lipinski definition) is 4. The Bertz CT molecular complexity index is 620. The maximum Gasteiger partial charge on any atom is 0.274 e. The van der Waals surface area contributed by atoms with E-state index in [2.05, 4.69) is 23.7 Å². The lowest BCUT2D eigenvalue weighted by Crippen LogP contribution is -2.02. The Hall–Kier alpha value is -1.88. The molecule has 1 N–H and O–H groups in total. The number of anilines is 1. The number of hydrogen-bond donors (Lipinski definition) is 1. The van der Waals surface area contributed by atoms with E-state index in [0.717, 1.165) is 11.3 Å². The fraction of sp³-hybridized carbons (Fsp3) is 0.286. The van der Waals surface area contributed by atoms with E-state index in [-0.39, 0.29) is 10.6 Å². The summed E-state index contributed by atoms with van der Waals surface area (Å²) in [5.41, 5.74) is 3.95. The van der Waals surface area contributed by atoms with Crippen molar-refractivity contribution in [3.05, 3.63) is 55.3 Å². The van der Waals surface area contributed by atoms with E-state index in [1.165, 1.54) is 10.4 Å². The maximum absolute atomic E-state index is 11.0. The van der Waals surface area contributed by atoms with Crippen molar-refractivity contribution < 1.29 is 4.92 Å². The minimum absolute atomic E-state index is 0.163. The second-order valence-corrected chi connectivity index (χ2v) is 5.59. The SMILES string of the molecule is Cc1cc(C)c([N+](=O)[O-])cc1NCc1sccc1C. The van der Waals surface area contributed by atoms with Gasteiger partial charge in [-0.2, -0.15) is 0 Å². The van der Waals surface area contributed by atoms with Crippen molar-refractivity contribution in [2.75, 3.05) is 5.32 Å². The van der Waals surface area contributed by atoms with Gasteiger partial charge in [0.05, 0.1) is 4.92 Å². The molecule has 0 aliphatic rings. The summed E-state index contributed by atoms with van der Waals surface area (Å²) in [6, 6.07) is 5.54. The van der Waals surface area contributed by atoms with Gasteiger partial charge in [-0.15, -0.1) is 11.3 Å². The van der Waals surface area contributed by atoms with Gasteiger partial charge in [0.15, 0.2) is 0 Å². The molecule has 0 amide bonds. The van der Waals surface area contributed by atoms with E-state index in [1.54, 1.807) is 24.3 Å². The number of nitrogens with one attached hydrogen (secondary N) is 1. The van der Waals surface area contributed by atoms with Gasteiger partial charge in [-0.3, -0.25) is 10.1 Å². The number of benzene rings is 1. The molecule has 1 heterocycles. The van der Waals surface area contributed by atoms with Crippen LogP contribution in [0.1, 0.15) is 21.6 Å². The molecule has 0 aliphatic heterocycles. The topological polar surface area (TPSA) is 55.2 Å². The second kappa shape index (κ2) is 5.40. The number of nitrogens with zero attached hydrogens (tertiary/aromatic N) is 1. The van der Waals surface area contributed by atoms with Crippen LogP contribution in [0.3, 0.4) is 0 Å². The molecule has 0 fully saturated rings. The lowest BCUT2D eigenvalue weighted by Gasteiger charge is -2.10. The van der Waals surface area contributed by atoms with Crippen molar-refractivity contribution in [3.8, 4) is 0 Å². The summed E-state index contributed by atoms with van der Waals surface area (Å²) in [4.78, 5) is 11.9. The van der Waals surface area contributed by atoms with E-state index in [0.29, 0.717) is 12.1 Å². The normalized spacial score (nSPS) is 10.5. The minimum Gasteiger partial charge on any atom is -0.380 e. The Morgan fingerprint density at radius 2 is 1.95 bits per heavy atom. The van der Waals surface area contributed by atoms with Gasteiger partial charge in [-0.05, 0) is 49.4 Å². The predicted octanol–water partition coefficient (Wildman–Crippen LogP) is 4.19. The summed E-state index contributed by atoms with van der Waals surface area (Å²) < 4.78 is 0. The van der Waals surface area contributed by atoms with Crippen molar-refractivity contribution >= 4 is 22.7 Å². The van der Waals surface area contributed by atoms with Crippen LogP contribution in [0, 0.1) is 30.9 Å². The zero-order chi connectivity index (χ0) is 14.0. The summed E-state index contributed by atoms with van der Waals surface area (Å²) in [6.07, 6.45) is 0. The Kier molecular flexibility index (Phi) is 3.85. The highest BCUT2D eigenvalue weighted by atomic mass is 32.1. The van der Waals surface area contributed by atoms with Crippen LogP contribution in [0.25, 0.3) is 0 Å². The van der Waals surface area contributed by atoms with Crippen LogP contribution in [0.2, 0.25) is 0 Å². The highest BCUT2D eigenvalue weighted by Gasteiger charge is 2.13. The lowest BCUT2D eigenvalue weighted by atomic mass is 10.1. The van der Waals surface area contributed by atoms with Crippen molar-refractivity contribution in [3.63, 3.8) is 0 Å². The minimum atomic E-state index is -0.337.